The molecule has 0 radical (unpaired) electrons. The van der Waals surface area contributed by atoms with E-state index in [1.54, 1.807) is 30.3 Å². The predicted molar refractivity (Wildman–Crippen MR) is 72.4 cm³/mol. The Morgan fingerprint density at radius 2 is 1.84 bits per heavy atom. The molecular weight excluding hydrogens is 246 g/mol. The summed E-state index contributed by atoms with van der Waals surface area (Å²) in [4.78, 5) is 10.3. The second-order valence-electron chi connectivity index (χ2n) is 3.74. The highest BCUT2D eigenvalue weighted by Gasteiger charge is 2.10. The fourth-order valence-corrected chi connectivity index (χ4v) is 1.46. The molecule has 0 spiro atoms. The van der Waals surface area contributed by atoms with Gasteiger partial charge in [0.15, 0.2) is 0 Å². The summed E-state index contributed by atoms with van der Waals surface area (Å²) in [6.07, 6.45) is 1.51. The molecule has 0 amide bonds. The third-order valence-corrected chi connectivity index (χ3v) is 2.39. The van der Waals surface area contributed by atoms with Crippen molar-refractivity contribution in [1.29, 1.82) is 0 Å². The topological polar surface area (TPSA) is 87.8 Å². The van der Waals surface area contributed by atoms with Crippen LogP contribution in [0.25, 0.3) is 0 Å². The molecule has 0 aromatic heterocycles. The maximum atomic E-state index is 10.8. The fraction of sp³-hybridized carbons (Fsp3) is 0. The molecule has 2 N–H and O–H groups in total. The average molecular weight is 257 g/mol. The van der Waals surface area contributed by atoms with Crippen LogP contribution in [0.4, 0.5) is 11.4 Å². The van der Waals surface area contributed by atoms with E-state index in [1.165, 1.54) is 24.4 Å². The highest BCUT2D eigenvalue weighted by atomic mass is 16.6. The van der Waals surface area contributed by atoms with Crippen molar-refractivity contribution in [2.45, 2.75) is 0 Å². The van der Waals surface area contributed by atoms with Crippen molar-refractivity contribution in [3.05, 3.63) is 64.2 Å². The lowest BCUT2D eigenvalue weighted by Gasteiger charge is -2.01. The van der Waals surface area contributed by atoms with Crippen LogP contribution >= 0.6 is 0 Å². The van der Waals surface area contributed by atoms with Crippen molar-refractivity contribution in [3.8, 4) is 5.75 Å². The number of para-hydroxylation sites is 2. The second kappa shape index (κ2) is 5.63. The van der Waals surface area contributed by atoms with Gasteiger partial charge in [-0.3, -0.25) is 15.5 Å². The highest BCUT2D eigenvalue weighted by Crippen LogP contribution is 2.22. The zero-order chi connectivity index (χ0) is 13.7. The third-order valence-electron chi connectivity index (χ3n) is 2.39. The van der Waals surface area contributed by atoms with E-state index in [0.717, 1.165) is 5.56 Å². The van der Waals surface area contributed by atoms with E-state index < -0.39 is 4.92 Å². The van der Waals surface area contributed by atoms with Gasteiger partial charge in [0.05, 0.1) is 11.1 Å². The van der Waals surface area contributed by atoms with Gasteiger partial charge in [-0.25, -0.2) is 0 Å². The van der Waals surface area contributed by atoms with Crippen molar-refractivity contribution < 1.29 is 10.0 Å². The van der Waals surface area contributed by atoms with Crippen LogP contribution in [0.5, 0.6) is 5.75 Å². The van der Waals surface area contributed by atoms with Gasteiger partial charge < -0.3 is 5.11 Å². The summed E-state index contributed by atoms with van der Waals surface area (Å²) in [5.74, 6) is 0.170. The lowest BCUT2D eigenvalue weighted by molar-refractivity contribution is -0.384. The van der Waals surface area contributed by atoms with Gasteiger partial charge in [0.2, 0.25) is 0 Å². The Balaban J connectivity index is 2.10. The normalized spacial score (nSPS) is 10.5. The van der Waals surface area contributed by atoms with E-state index in [1.807, 2.05) is 0 Å². The van der Waals surface area contributed by atoms with Crippen LogP contribution in [-0.2, 0) is 0 Å². The van der Waals surface area contributed by atoms with Gasteiger partial charge in [0.1, 0.15) is 11.4 Å². The molecular formula is C13H11N3O3. The first-order chi connectivity index (χ1) is 9.16. The predicted octanol–water partition coefficient (Wildman–Crippen LogP) is 2.75. The van der Waals surface area contributed by atoms with Crippen LogP contribution in [0.2, 0.25) is 0 Å². The molecule has 0 aliphatic rings. The summed E-state index contributed by atoms with van der Waals surface area (Å²) in [5, 5.41) is 23.8. The van der Waals surface area contributed by atoms with Crippen LogP contribution in [-0.4, -0.2) is 16.2 Å². The zero-order valence-electron chi connectivity index (χ0n) is 9.85. The quantitative estimate of drug-likeness (QED) is 0.500. The number of phenols is 1. The number of hydrogen-bond acceptors (Lipinski definition) is 5. The molecule has 2 aromatic carbocycles. The minimum atomic E-state index is -0.474. The summed E-state index contributed by atoms with van der Waals surface area (Å²) in [6.45, 7) is 0. The van der Waals surface area contributed by atoms with E-state index in [2.05, 4.69) is 10.5 Å². The number of nitro groups is 1. The van der Waals surface area contributed by atoms with Crippen molar-refractivity contribution >= 4 is 17.6 Å². The number of hydrogen-bond donors (Lipinski definition) is 2. The minimum Gasteiger partial charge on any atom is -0.508 e. The summed E-state index contributed by atoms with van der Waals surface area (Å²) in [5.41, 5.74) is 3.68. The molecule has 0 unspecified atom stereocenters. The van der Waals surface area contributed by atoms with E-state index in [-0.39, 0.29) is 11.4 Å². The Bertz CT molecular complexity index is 609. The number of hydrazone groups is 1. The van der Waals surface area contributed by atoms with Gasteiger partial charge in [0.25, 0.3) is 5.69 Å². The van der Waals surface area contributed by atoms with Gasteiger partial charge >= 0.3 is 0 Å². The van der Waals surface area contributed by atoms with E-state index >= 15 is 0 Å². The lowest BCUT2D eigenvalue weighted by Crippen LogP contribution is -1.96. The monoisotopic (exact) mass is 257 g/mol. The number of nitrogens with zero attached hydrogens (tertiary/aromatic N) is 2. The molecule has 0 bridgehead atoms. The van der Waals surface area contributed by atoms with Gasteiger partial charge in [-0.2, -0.15) is 5.10 Å². The highest BCUT2D eigenvalue weighted by molar-refractivity contribution is 5.80. The van der Waals surface area contributed by atoms with Gasteiger partial charge in [-0.05, 0) is 35.9 Å². The maximum Gasteiger partial charge on any atom is 0.294 e. The van der Waals surface area contributed by atoms with E-state index in [4.69, 9.17) is 5.11 Å². The van der Waals surface area contributed by atoms with Crippen LogP contribution in [0, 0.1) is 10.1 Å². The van der Waals surface area contributed by atoms with E-state index in [9.17, 15) is 10.1 Å². The number of benzene rings is 2. The number of nitrogens with one attached hydrogen (secondary N) is 1. The van der Waals surface area contributed by atoms with Crippen molar-refractivity contribution in [2.75, 3.05) is 5.43 Å². The fourth-order valence-electron chi connectivity index (χ4n) is 1.46. The number of nitro benzene ring substituents is 1. The molecule has 2 rings (SSSR count). The molecule has 6 heteroatoms. The zero-order valence-corrected chi connectivity index (χ0v) is 9.85. The summed E-state index contributed by atoms with van der Waals surface area (Å²) in [7, 11) is 0. The summed E-state index contributed by atoms with van der Waals surface area (Å²) < 4.78 is 0. The molecule has 0 saturated carbocycles. The van der Waals surface area contributed by atoms with Crippen molar-refractivity contribution in [3.63, 3.8) is 0 Å². The molecule has 0 fully saturated rings. The van der Waals surface area contributed by atoms with Gasteiger partial charge in [-0.1, -0.05) is 12.1 Å². The minimum absolute atomic E-state index is 0.0367. The number of aromatic hydroxyl groups is 1. The average Bonchev–Trinajstić information content (AvgIpc) is 2.41. The van der Waals surface area contributed by atoms with Crippen LogP contribution < -0.4 is 5.43 Å². The lowest BCUT2D eigenvalue weighted by atomic mass is 10.2. The Hall–Kier alpha value is -2.89. The molecule has 6 nitrogen and oxygen atoms in total. The molecule has 0 saturated heterocycles. The third kappa shape index (κ3) is 3.29. The van der Waals surface area contributed by atoms with Crippen LogP contribution in [0.15, 0.2) is 53.6 Å². The van der Waals surface area contributed by atoms with Crippen LogP contribution in [0.1, 0.15) is 5.56 Å². The number of rotatable bonds is 4. The molecule has 96 valence electrons. The Labute approximate surface area is 109 Å². The summed E-state index contributed by atoms with van der Waals surface area (Å²) in [6, 6.07) is 12.7. The molecule has 0 aliphatic carbocycles. The first-order valence-electron chi connectivity index (χ1n) is 5.48. The molecule has 19 heavy (non-hydrogen) atoms. The van der Waals surface area contributed by atoms with Crippen molar-refractivity contribution in [2.24, 2.45) is 5.10 Å². The van der Waals surface area contributed by atoms with E-state index in [0.29, 0.717) is 5.69 Å². The Kier molecular flexibility index (Phi) is 3.72. The first kappa shape index (κ1) is 12.6. The molecule has 0 atom stereocenters. The largest absolute Gasteiger partial charge is 0.508 e. The maximum absolute atomic E-state index is 10.8. The second-order valence-corrected chi connectivity index (χ2v) is 3.74. The smallest absolute Gasteiger partial charge is 0.294 e. The number of phenolic OH excluding ortho intramolecular Hbond substituents is 1. The van der Waals surface area contributed by atoms with Gasteiger partial charge in [-0.15, -0.1) is 0 Å². The molecule has 2 aromatic rings. The van der Waals surface area contributed by atoms with Gasteiger partial charge in [0, 0.05) is 6.07 Å². The van der Waals surface area contributed by atoms with Crippen LogP contribution in [0.3, 0.4) is 0 Å². The van der Waals surface area contributed by atoms with Crippen molar-refractivity contribution in [1.82, 2.24) is 0 Å². The Morgan fingerprint density at radius 1 is 1.16 bits per heavy atom. The molecule has 0 heterocycles. The SMILES string of the molecule is O=[N+]([O-])c1ccccc1NN=Cc1ccc(O)cc1. The standard InChI is InChI=1S/C13H11N3O3/c17-11-7-5-10(6-8-11)9-14-15-12-3-1-2-4-13(12)16(18)19/h1-9,15,17H. The Morgan fingerprint density at radius 3 is 2.53 bits per heavy atom. The molecule has 0 aliphatic heterocycles. The number of anilines is 1. The first-order valence-corrected chi connectivity index (χ1v) is 5.48. The summed E-state index contributed by atoms with van der Waals surface area (Å²) >= 11 is 0.